The number of fused-ring (bicyclic) bond motifs is 1. The molecule has 3 aliphatic heterocycles. The van der Waals surface area contributed by atoms with Crippen molar-refractivity contribution in [2.24, 2.45) is 11.8 Å². The first kappa shape index (κ1) is 23.3. The molecule has 11 heteroatoms. The van der Waals surface area contributed by atoms with Crippen LogP contribution >= 0.6 is 11.8 Å². The highest BCUT2D eigenvalue weighted by Gasteiger charge is 2.60. The van der Waals surface area contributed by atoms with Crippen molar-refractivity contribution in [1.29, 1.82) is 0 Å². The Morgan fingerprint density at radius 3 is 2.61 bits per heavy atom. The molecule has 0 spiro atoms. The van der Waals surface area contributed by atoms with Gasteiger partial charge < -0.3 is 30.9 Å². The van der Waals surface area contributed by atoms with Crippen molar-refractivity contribution in [2.45, 2.75) is 43.7 Å². The van der Waals surface area contributed by atoms with Crippen LogP contribution < -0.4 is 10.6 Å². The fourth-order valence-corrected chi connectivity index (χ4v) is 6.29. The Bertz CT molecular complexity index is 1060. The van der Waals surface area contributed by atoms with E-state index in [1.165, 1.54) is 35.7 Å². The summed E-state index contributed by atoms with van der Waals surface area (Å²) in [6.07, 6.45) is -0.419. The van der Waals surface area contributed by atoms with Crippen molar-refractivity contribution in [2.75, 3.05) is 11.9 Å². The van der Waals surface area contributed by atoms with E-state index in [4.69, 9.17) is 5.11 Å². The monoisotopic (exact) mass is 475 g/mol. The molecule has 6 atom stereocenters. The number of hydrogen-bond donors (Lipinski definition) is 5. The van der Waals surface area contributed by atoms with E-state index in [1.807, 2.05) is 6.92 Å². The van der Waals surface area contributed by atoms with Crippen LogP contribution in [0.15, 0.2) is 34.9 Å². The molecule has 1 aromatic carbocycles. The molecule has 0 unspecified atom stereocenters. The molecule has 2 saturated heterocycles. The quantitative estimate of drug-likeness (QED) is 0.362. The number of carbonyl (C=O) groups excluding carboxylic acids is 2. The SMILES string of the molecule is C[C@H](O)[C@H]1C(=O)N2C(C(=O)O)=C(S[C@@H]3CN[C@H](C(=O)Nc4cccc(C(=O)O)c4)C3)[C@H](C)[C@H]12. The molecule has 0 bridgehead atoms. The molecular weight excluding hydrogens is 450 g/mol. The number of carboxylic acids is 2. The maximum Gasteiger partial charge on any atom is 0.353 e. The molecule has 0 radical (unpaired) electrons. The number of β-lactam (4-membered cyclic amide) rings is 1. The lowest BCUT2D eigenvalue weighted by molar-refractivity contribution is -0.163. The predicted octanol–water partition coefficient (Wildman–Crippen LogP) is 0.941. The zero-order valence-electron chi connectivity index (χ0n) is 18.0. The molecule has 0 aromatic heterocycles. The second-order valence-corrected chi connectivity index (χ2v) is 9.93. The Morgan fingerprint density at radius 1 is 1.24 bits per heavy atom. The maximum absolute atomic E-state index is 12.7. The zero-order valence-corrected chi connectivity index (χ0v) is 18.8. The van der Waals surface area contributed by atoms with E-state index in [9.17, 15) is 29.4 Å². The molecule has 3 heterocycles. The average molecular weight is 476 g/mol. The lowest BCUT2D eigenvalue weighted by Gasteiger charge is -2.46. The summed E-state index contributed by atoms with van der Waals surface area (Å²) in [5, 5.41) is 34.6. The lowest BCUT2D eigenvalue weighted by atomic mass is 9.79. The normalized spacial score (nSPS) is 29.5. The van der Waals surface area contributed by atoms with Crippen molar-refractivity contribution in [3.8, 4) is 0 Å². The Labute approximate surface area is 194 Å². The Hall–Kier alpha value is -2.89. The first-order valence-corrected chi connectivity index (χ1v) is 11.5. The molecule has 0 aliphatic carbocycles. The van der Waals surface area contributed by atoms with Gasteiger partial charge in [-0.2, -0.15) is 0 Å². The number of nitrogens with one attached hydrogen (secondary N) is 2. The summed E-state index contributed by atoms with van der Waals surface area (Å²) in [7, 11) is 0. The summed E-state index contributed by atoms with van der Waals surface area (Å²) in [5.41, 5.74) is 0.418. The van der Waals surface area contributed by atoms with E-state index in [-0.39, 0.29) is 40.3 Å². The second kappa shape index (κ2) is 8.81. The minimum atomic E-state index is -1.18. The lowest BCUT2D eigenvalue weighted by Crippen LogP contribution is -2.63. The second-order valence-electron chi connectivity index (χ2n) is 8.58. The van der Waals surface area contributed by atoms with Crippen LogP contribution in [0.5, 0.6) is 0 Å². The maximum atomic E-state index is 12.7. The smallest absolute Gasteiger partial charge is 0.353 e. The number of amides is 2. The van der Waals surface area contributed by atoms with Crippen LogP contribution in [0.25, 0.3) is 0 Å². The van der Waals surface area contributed by atoms with Gasteiger partial charge in [-0.1, -0.05) is 13.0 Å². The molecule has 0 saturated carbocycles. The number of carbonyl (C=O) groups is 4. The van der Waals surface area contributed by atoms with Crippen LogP contribution in [-0.2, 0) is 14.4 Å². The van der Waals surface area contributed by atoms with Crippen molar-refractivity contribution >= 4 is 41.2 Å². The van der Waals surface area contributed by atoms with Crippen LogP contribution in [-0.4, -0.2) is 74.0 Å². The van der Waals surface area contributed by atoms with Crippen LogP contribution in [0.4, 0.5) is 5.69 Å². The van der Waals surface area contributed by atoms with Crippen molar-refractivity contribution in [3.05, 3.63) is 40.4 Å². The first-order valence-electron chi connectivity index (χ1n) is 10.6. The van der Waals surface area contributed by atoms with Gasteiger partial charge in [0.1, 0.15) is 5.70 Å². The molecule has 2 fully saturated rings. The van der Waals surface area contributed by atoms with E-state index in [1.54, 1.807) is 12.1 Å². The van der Waals surface area contributed by atoms with Gasteiger partial charge in [-0.25, -0.2) is 9.59 Å². The van der Waals surface area contributed by atoms with Gasteiger partial charge in [0, 0.05) is 28.3 Å². The number of hydrogen-bond acceptors (Lipinski definition) is 7. The van der Waals surface area contributed by atoms with Gasteiger partial charge in [0.2, 0.25) is 11.8 Å². The summed E-state index contributed by atoms with van der Waals surface area (Å²) in [6.45, 7) is 3.87. The molecule has 33 heavy (non-hydrogen) atoms. The number of aliphatic carboxylic acids is 1. The molecule has 176 valence electrons. The molecule has 10 nitrogen and oxygen atoms in total. The van der Waals surface area contributed by atoms with Crippen molar-refractivity contribution < 1.29 is 34.5 Å². The number of rotatable bonds is 7. The van der Waals surface area contributed by atoms with E-state index in [0.717, 1.165) is 0 Å². The summed E-state index contributed by atoms with van der Waals surface area (Å²) in [5.74, 6) is -3.79. The Morgan fingerprint density at radius 2 is 1.97 bits per heavy atom. The minimum absolute atomic E-state index is 0.0298. The largest absolute Gasteiger partial charge is 0.478 e. The number of anilines is 1. The van der Waals surface area contributed by atoms with Gasteiger partial charge in [0.25, 0.3) is 0 Å². The Balaban J connectivity index is 1.43. The van der Waals surface area contributed by atoms with Gasteiger partial charge in [-0.15, -0.1) is 11.8 Å². The standard InChI is InChI=1S/C22H25N3O7S/c1-9-16-15(10(2)26)20(28)25(16)17(22(31)32)18(9)33-13-7-14(23-8-13)19(27)24-12-5-3-4-11(6-12)21(29)30/h3-6,9-10,13-16,23,26H,7-8H2,1-2H3,(H,24,27)(H,29,30)(H,31,32)/t9-,10+,13+,14+,15-,16-/m1/s1. The summed E-state index contributed by atoms with van der Waals surface area (Å²) < 4.78 is 0. The van der Waals surface area contributed by atoms with Crippen LogP contribution in [0.1, 0.15) is 30.6 Å². The van der Waals surface area contributed by atoms with Crippen molar-refractivity contribution in [3.63, 3.8) is 0 Å². The molecule has 3 aliphatic rings. The van der Waals surface area contributed by atoms with Gasteiger partial charge in [-0.3, -0.25) is 9.59 Å². The number of thioether (sulfide) groups is 1. The van der Waals surface area contributed by atoms with Gasteiger partial charge >= 0.3 is 11.9 Å². The van der Waals surface area contributed by atoms with E-state index in [0.29, 0.717) is 23.6 Å². The van der Waals surface area contributed by atoms with Gasteiger partial charge in [-0.05, 0) is 31.5 Å². The Kier molecular flexibility index (Phi) is 6.21. The van der Waals surface area contributed by atoms with Crippen LogP contribution in [0, 0.1) is 11.8 Å². The average Bonchev–Trinajstić information content (AvgIpc) is 3.30. The van der Waals surface area contributed by atoms with Crippen LogP contribution in [0.3, 0.4) is 0 Å². The van der Waals surface area contributed by atoms with E-state index in [2.05, 4.69) is 10.6 Å². The number of aromatic carboxylic acids is 1. The predicted molar refractivity (Wildman–Crippen MR) is 119 cm³/mol. The highest BCUT2D eigenvalue weighted by molar-refractivity contribution is 8.03. The van der Waals surface area contributed by atoms with E-state index < -0.39 is 30.0 Å². The van der Waals surface area contributed by atoms with Crippen LogP contribution in [0.2, 0.25) is 0 Å². The fourth-order valence-electron chi connectivity index (χ4n) is 4.81. The number of nitrogens with zero attached hydrogens (tertiary/aromatic N) is 1. The number of aliphatic hydroxyl groups is 1. The summed E-state index contributed by atoms with van der Waals surface area (Å²) in [4.78, 5) is 50.1. The third-order valence-corrected chi connectivity index (χ3v) is 7.90. The van der Waals surface area contributed by atoms with Gasteiger partial charge in [0.05, 0.1) is 29.7 Å². The third-order valence-electron chi connectivity index (χ3n) is 6.39. The summed E-state index contributed by atoms with van der Waals surface area (Å²) >= 11 is 1.36. The topological polar surface area (TPSA) is 156 Å². The fraction of sp³-hybridized carbons (Fsp3) is 0.455. The first-order chi connectivity index (χ1) is 15.6. The molecule has 2 amide bonds. The molecule has 1 aromatic rings. The number of benzene rings is 1. The minimum Gasteiger partial charge on any atom is -0.478 e. The van der Waals surface area contributed by atoms with Gasteiger partial charge in [0.15, 0.2) is 0 Å². The van der Waals surface area contributed by atoms with Crippen molar-refractivity contribution in [1.82, 2.24) is 10.2 Å². The highest BCUT2D eigenvalue weighted by atomic mass is 32.2. The zero-order chi connectivity index (χ0) is 24.0. The molecule has 5 N–H and O–H groups in total. The molecular formula is C22H25N3O7S. The van der Waals surface area contributed by atoms with E-state index >= 15 is 0 Å². The molecule has 4 rings (SSSR count). The number of carboxylic acid groups (broad SMARTS) is 2. The highest BCUT2D eigenvalue weighted by Crippen LogP contribution is 2.51. The summed E-state index contributed by atoms with van der Waals surface area (Å²) in [6, 6.07) is 5.07. The number of aliphatic hydroxyl groups excluding tert-OH is 1. The third kappa shape index (κ3) is 4.11.